The highest BCUT2D eigenvalue weighted by atomic mass is 32.3. The van der Waals surface area contributed by atoms with Crippen molar-refractivity contribution in [3.8, 4) is 0 Å². The second kappa shape index (κ2) is 3.46. The summed E-state index contributed by atoms with van der Waals surface area (Å²) >= 11 is 0. The van der Waals surface area contributed by atoms with Crippen molar-refractivity contribution in [3.05, 3.63) is 12.7 Å². The van der Waals surface area contributed by atoms with E-state index in [0.717, 1.165) is 6.08 Å². The van der Waals surface area contributed by atoms with E-state index >= 15 is 0 Å². The molecule has 72 valence electrons. The van der Waals surface area contributed by atoms with E-state index in [-0.39, 0.29) is 0 Å². The van der Waals surface area contributed by atoms with Gasteiger partial charge >= 0.3 is 20.8 Å². The fraction of sp³-hybridized carbons (Fsp3) is 0.333. The van der Waals surface area contributed by atoms with Gasteiger partial charge < -0.3 is 0 Å². The molecule has 0 rings (SSSR count). The topological polar surface area (TPSA) is 71.5 Å². The van der Waals surface area contributed by atoms with Gasteiger partial charge in [0.05, 0.1) is 6.54 Å². The van der Waals surface area contributed by atoms with Crippen LogP contribution < -0.4 is 0 Å². The van der Waals surface area contributed by atoms with Crippen LogP contribution in [0.1, 0.15) is 0 Å². The lowest BCUT2D eigenvalue weighted by molar-refractivity contribution is 0.458. The van der Waals surface area contributed by atoms with Gasteiger partial charge in [-0.2, -0.15) is 16.8 Å². The minimum atomic E-state index is -5.59. The summed E-state index contributed by atoms with van der Waals surface area (Å²) in [5.74, 6) is 0. The highest BCUT2D eigenvalue weighted by Crippen LogP contribution is 2.10. The molecule has 0 saturated heterocycles. The average molecular weight is 221 g/mol. The molecule has 0 aliphatic carbocycles. The summed E-state index contributed by atoms with van der Waals surface area (Å²) in [4.78, 5) is 0. The lowest BCUT2D eigenvalue weighted by Gasteiger charge is -2.07. The summed E-state index contributed by atoms with van der Waals surface area (Å²) in [6, 6.07) is 0. The van der Waals surface area contributed by atoms with Crippen molar-refractivity contribution in [2.75, 3.05) is 6.54 Å². The molecule has 0 spiro atoms. The van der Waals surface area contributed by atoms with Gasteiger partial charge in [0.1, 0.15) is 0 Å². The predicted molar refractivity (Wildman–Crippen MR) is 37.0 cm³/mol. The normalized spacial score (nSPS) is 13.2. The van der Waals surface area contributed by atoms with Crippen LogP contribution in [0.15, 0.2) is 12.7 Å². The minimum absolute atomic E-state index is 0.730. The molecule has 5 nitrogen and oxygen atoms in total. The zero-order chi connectivity index (χ0) is 9.99. The van der Waals surface area contributed by atoms with Crippen LogP contribution in [0.3, 0.4) is 0 Å². The van der Waals surface area contributed by atoms with Crippen LogP contribution in [-0.2, 0) is 20.8 Å². The third-order valence-electron chi connectivity index (χ3n) is 0.765. The van der Waals surface area contributed by atoms with Gasteiger partial charge in [-0.3, -0.25) is 0 Å². The highest BCUT2D eigenvalue weighted by Gasteiger charge is 2.32. The molecule has 0 radical (unpaired) electrons. The molecule has 0 unspecified atom stereocenters. The fourth-order valence-corrected chi connectivity index (χ4v) is 1.81. The van der Waals surface area contributed by atoms with Crippen LogP contribution in [0.2, 0.25) is 0 Å². The van der Waals surface area contributed by atoms with Crippen molar-refractivity contribution < 1.29 is 24.6 Å². The largest absolute Gasteiger partial charge is 0.390 e. The van der Waals surface area contributed by atoms with Crippen molar-refractivity contribution in [2.24, 2.45) is 0 Å². The second-order valence-electron chi connectivity index (χ2n) is 1.63. The summed E-state index contributed by atoms with van der Waals surface area (Å²) in [5.41, 5.74) is 0. The molecule has 0 amide bonds. The van der Waals surface area contributed by atoms with Gasteiger partial charge in [0.25, 0.3) is 0 Å². The lowest BCUT2D eigenvalue weighted by Crippen LogP contribution is -2.31. The SMILES string of the molecule is C=CCN(S(=O)(=O)F)S(=O)(=O)F. The zero-order valence-electron chi connectivity index (χ0n) is 5.64. The summed E-state index contributed by atoms with van der Waals surface area (Å²) in [5, 5.41) is 0. The Balaban J connectivity index is 5.09. The molecule has 0 saturated carbocycles. The molecule has 0 fully saturated rings. The number of rotatable bonds is 4. The molecule has 0 aromatic rings. The van der Waals surface area contributed by atoms with E-state index in [9.17, 15) is 24.6 Å². The van der Waals surface area contributed by atoms with Gasteiger partial charge in [-0.25, -0.2) is 0 Å². The van der Waals surface area contributed by atoms with Crippen LogP contribution in [0.5, 0.6) is 0 Å². The Labute approximate surface area is 69.0 Å². The van der Waals surface area contributed by atoms with Crippen LogP contribution in [0.25, 0.3) is 0 Å². The summed E-state index contributed by atoms with van der Waals surface area (Å²) in [6.07, 6.45) is 0.730. The molecule has 12 heavy (non-hydrogen) atoms. The maximum absolute atomic E-state index is 12.0. The molecule has 0 aromatic carbocycles. The fourth-order valence-electron chi connectivity index (χ4n) is 0.390. The zero-order valence-corrected chi connectivity index (χ0v) is 7.28. The maximum atomic E-state index is 12.0. The van der Waals surface area contributed by atoms with Crippen molar-refractivity contribution in [1.82, 2.24) is 3.71 Å². The monoisotopic (exact) mass is 221 g/mol. The van der Waals surface area contributed by atoms with Crippen LogP contribution in [-0.4, -0.2) is 27.1 Å². The molecule has 0 N–H and O–H groups in total. The second-order valence-corrected chi connectivity index (χ2v) is 4.39. The Morgan fingerprint density at radius 3 is 1.58 bits per heavy atom. The first-order valence-corrected chi connectivity index (χ1v) is 5.15. The van der Waals surface area contributed by atoms with E-state index < -0.39 is 31.1 Å². The number of hydrogen-bond acceptors (Lipinski definition) is 4. The van der Waals surface area contributed by atoms with E-state index in [1.54, 1.807) is 0 Å². The third kappa shape index (κ3) is 3.24. The first-order chi connectivity index (χ1) is 5.19. The Morgan fingerprint density at radius 1 is 1.17 bits per heavy atom. The first-order valence-electron chi connectivity index (χ1n) is 2.47. The molecular formula is C3H5F2NO4S2. The van der Waals surface area contributed by atoms with Crippen LogP contribution in [0.4, 0.5) is 7.77 Å². The molecular weight excluding hydrogens is 216 g/mol. The molecule has 0 aromatic heterocycles. The Kier molecular flexibility index (Phi) is 3.30. The van der Waals surface area contributed by atoms with Crippen molar-refractivity contribution in [2.45, 2.75) is 0 Å². The lowest BCUT2D eigenvalue weighted by atomic mass is 10.7. The molecule has 0 aliphatic rings. The van der Waals surface area contributed by atoms with Crippen molar-refractivity contribution in [3.63, 3.8) is 0 Å². The molecule has 0 bridgehead atoms. The third-order valence-corrected chi connectivity index (χ3v) is 3.10. The van der Waals surface area contributed by atoms with E-state index in [2.05, 4.69) is 6.58 Å². The predicted octanol–water partition coefficient (Wildman–Crippen LogP) is -0.0970. The van der Waals surface area contributed by atoms with Crippen molar-refractivity contribution >= 4 is 20.8 Å². The van der Waals surface area contributed by atoms with Gasteiger partial charge in [0.15, 0.2) is 0 Å². The molecule has 0 aliphatic heterocycles. The van der Waals surface area contributed by atoms with Crippen LogP contribution >= 0.6 is 0 Å². The molecule has 9 heteroatoms. The number of hydrogen-bond donors (Lipinski definition) is 0. The van der Waals surface area contributed by atoms with E-state index in [0.29, 0.717) is 0 Å². The summed E-state index contributed by atoms with van der Waals surface area (Å²) < 4.78 is 62.8. The van der Waals surface area contributed by atoms with E-state index in [1.165, 1.54) is 0 Å². The van der Waals surface area contributed by atoms with Gasteiger partial charge in [0, 0.05) is 0 Å². The van der Waals surface area contributed by atoms with E-state index in [1.807, 2.05) is 0 Å². The number of halogens is 2. The smallest absolute Gasteiger partial charge is 0.176 e. The van der Waals surface area contributed by atoms with Gasteiger partial charge in [-0.15, -0.1) is 6.58 Å². The van der Waals surface area contributed by atoms with Crippen molar-refractivity contribution in [1.29, 1.82) is 0 Å². The van der Waals surface area contributed by atoms with Gasteiger partial charge in [-0.05, 0) is 3.71 Å². The van der Waals surface area contributed by atoms with Gasteiger partial charge in [-0.1, -0.05) is 13.8 Å². The average Bonchev–Trinajstić information content (AvgIpc) is 1.77. The Hall–Kier alpha value is -0.540. The first kappa shape index (κ1) is 11.5. The summed E-state index contributed by atoms with van der Waals surface area (Å²) in [7, 11) is -11.2. The van der Waals surface area contributed by atoms with E-state index in [4.69, 9.17) is 0 Å². The van der Waals surface area contributed by atoms with Crippen LogP contribution in [0, 0.1) is 0 Å². The van der Waals surface area contributed by atoms with Gasteiger partial charge in [0.2, 0.25) is 0 Å². The summed E-state index contributed by atoms with van der Waals surface area (Å²) in [6.45, 7) is 1.95. The standard InChI is InChI=1S/C3H5F2NO4S2/c1-2-3-6(11(4,7)8)12(5,9)10/h2H,1,3H2. The highest BCUT2D eigenvalue weighted by molar-refractivity contribution is 7.99. The maximum Gasteiger partial charge on any atom is 0.390 e. The number of nitrogens with zero attached hydrogens (tertiary/aromatic N) is 1. The molecule has 0 atom stereocenters. The Morgan fingerprint density at radius 2 is 1.50 bits per heavy atom. The molecule has 0 heterocycles. The minimum Gasteiger partial charge on any atom is -0.176 e. The Bertz CT molecular complexity index is 326. The quantitative estimate of drug-likeness (QED) is 0.491.